The number of hydrogen-bond acceptors (Lipinski definition) is 3. The summed E-state index contributed by atoms with van der Waals surface area (Å²) in [5.41, 5.74) is 1.10. The second kappa shape index (κ2) is 3.57. The minimum Gasteiger partial charge on any atom is -0.497 e. The number of aromatic amines is 1. The molecule has 0 bridgehead atoms. The number of fused-ring (bicyclic) bond motifs is 1. The van der Waals surface area contributed by atoms with Gasteiger partial charge in [0.05, 0.1) is 12.7 Å². The number of hydrogen-bond donors (Lipinski definition) is 1. The normalized spacial score (nSPS) is 10.2. The van der Waals surface area contributed by atoms with Gasteiger partial charge in [0.1, 0.15) is 5.75 Å². The fourth-order valence-electron chi connectivity index (χ4n) is 1.47. The van der Waals surface area contributed by atoms with Crippen molar-refractivity contribution >= 4 is 23.0 Å². The summed E-state index contributed by atoms with van der Waals surface area (Å²) in [4.78, 5) is 24.4. The van der Waals surface area contributed by atoms with Crippen LogP contribution in [0.3, 0.4) is 0 Å². The molecule has 0 saturated carbocycles. The summed E-state index contributed by atoms with van der Waals surface area (Å²) in [6, 6.07) is 5.27. The average Bonchev–Trinajstić information content (AvgIpc) is 2.70. The Kier molecular flexibility index (Phi) is 2.25. The Morgan fingerprint density at radius 3 is 2.93 bits per heavy atom. The Hall–Kier alpha value is -2.10. The second-order valence-electron chi connectivity index (χ2n) is 3.05. The van der Waals surface area contributed by atoms with E-state index in [1.165, 1.54) is 12.5 Å². The van der Waals surface area contributed by atoms with E-state index in [-0.39, 0.29) is 0 Å². The van der Waals surface area contributed by atoms with Gasteiger partial charge in [-0.1, -0.05) is 0 Å². The Labute approximate surface area is 85.9 Å². The number of ketones is 1. The van der Waals surface area contributed by atoms with Crippen LogP contribution in [0.1, 0.15) is 10.4 Å². The average molecular weight is 202 g/mol. The quantitative estimate of drug-likeness (QED) is 0.605. The summed E-state index contributed by atoms with van der Waals surface area (Å²) >= 11 is 0. The van der Waals surface area contributed by atoms with E-state index in [0.717, 1.165) is 5.52 Å². The molecule has 75 valence electrons. The fraction of sp³-hybridized carbons (Fsp3) is 0.0909. The van der Waals surface area contributed by atoms with Crippen molar-refractivity contribution in [3.05, 3.63) is 30.0 Å². The van der Waals surface area contributed by atoms with Crippen LogP contribution in [0.5, 0.6) is 5.75 Å². The standard InChI is InChI=1S/C11H8NO3/c1-15-7-2-3-10-8(4-7)9(5-12-10)11(14)6-13/h2-5,12H,1H3. The third-order valence-electron chi connectivity index (χ3n) is 2.23. The maximum atomic E-state index is 11.2. The number of methoxy groups -OCH3 is 1. The molecule has 0 spiro atoms. The predicted molar refractivity (Wildman–Crippen MR) is 54.9 cm³/mol. The summed E-state index contributed by atoms with van der Waals surface area (Å²) in [6.45, 7) is 0. The van der Waals surface area contributed by atoms with Crippen LogP contribution in [-0.2, 0) is 4.79 Å². The molecule has 1 radical (unpaired) electrons. The lowest BCUT2D eigenvalue weighted by Crippen LogP contribution is -1.97. The number of nitrogens with one attached hydrogen (secondary N) is 1. The van der Waals surface area contributed by atoms with E-state index in [2.05, 4.69) is 4.98 Å². The van der Waals surface area contributed by atoms with Crippen LogP contribution in [0.4, 0.5) is 0 Å². The monoisotopic (exact) mass is 202 g/mol. The topological polar surface area (TPSA) is 59.2 Å². The highest BCUT2D eigenvalue weighted by Crippen LogP contribution is 2.23. The molecule has 4 nitrogen and oxygen atoms in total. The van der Waals surface area contributed by atoms with Gasteiger partial charge < -0.3 is 9.72 Å². The number of Topliss-reactive ketones (excluding diaryl/α,β-unsaturated/α-hetero) is 1. The first-order chi connectivity index (χ1) is 7.26. The van der Waals surface area contributed by atoms with Crippen molar-refractivity contribution in [1.82, 2.24) is 4.98 Å². The van der Waals surface area contributed by atoms with E-state index in [0.29, 0.717) is 16.7 Å². The molecular formula is C11H8NO3. The van der Waals surface area contributed by atoms with Crippen molar-refractivity contribution in [2.45, 2.75) is 0 Å². The van der Waals surface area contributed by atoms with Crippen LogP contribution in [0, 0.1) is 0 Å². The molecule has 0 aliphatic rings. The lowest BCUT2D eigenvalue weighted by molar-refractivity contribution is 0.106. The molecule has 1 heterocycles. The largest absolute Gasteiger partial charge is 0.497 e. The molecule has 2 rings (SSSR count). The Morgan fingerprint density at radius 2 is 2.27 bits per heavy atom. The Bertz CT molecular complexity index is 528. The third-order valence-corrected chi connectivity index (χ3v) is 2.23. The van der Waals surface area contributed by atoms with Gasteiger partial charge in [-0.05, 0) is 18.2 Å². The van der Waals surface area contributed by atoms with Gasteiger partial charge in [-0.25, -0.2) is 0 Å². The Balaban J connectivity index is 2.66. The summed E-state index contributed by atoms with van der Waals surface area (Å²) < 4.78 is 5.04. The predicted octanol–water partition coefficient (Wildman–Crippen LogP) is 1.47. The molecule has 4 heteroatoms. The molecule has 0 amide bonds. The molecule has 0 aliphatic heterocycles. The van der Waals surface area contributed by atoms with Gasteiger partial charge in [0.25, 0.3) is 6.29 Å². The fourth-order valence-corrected chi connectivity index (χ4v) is 1.47. The zero-order chi connectivity index (χ0) is 10.8. The van der Waals surface area contributed by atoms with E-state index in [1.807, 2.05) is 0 Å². The third kappa shape index (κ3) is 1.50. The molecule has 1 N–H and O–H groups in total. The summed E-state index contributed by atoms with van der Waals surface area (Å²) in [7, 11) is 1.54. The number of H-pyrrole nitrogens is 1. The first-order valence-corrected chi connectivity index (χ1v) is 4.34. The minimum absolute atomic E-state index is 0.318. The van der Waals surface area contributed by atoms with Gasteiger partial charge in [0, 0.05) is 17.1 Å². The SMILES string of the molecule is COc1ccc2[nH]cc(C(=O)[C]=O)c2c1. The van der Waals surface area contributed by atoms with E-state index in [4.69, 9.17) is 4.74 Å². The Morgan fingerprint density at radius 1 is 1.47 bits per heavy atom. The number of benzene rings is 1. The van der Waals surface area contributed by atoms with Gasteiger partial charge >= 0.3 is 0 Å². The lowest BCUT2D eigenvalue weighted by Gasteiger charge is -1.99. The minimum atomic E-state index is -0.658. The molecule has 2 aromatic rings. The van der Waals surface area contributed by atoms with E-state index in [9.17, 15) is 9.59 Å². The van der Waals surface area contributed by atoms with Crippen LogP contribution in [0.15, 0.2) is 24.4 Å². The van der Waals surface area contributed by atoms with Crippen LogP contribution in [0.2, 0.25) is 0 Å². The molecular weight excluding hydrogens is 194 g/mol. The maximum Gasteiger partial charge on any atom is 0.277 e. The molecule has 15 heavy (non-hydrogen) atoms. The van der Waals surface area contributed by atoms with Gasteiger partial charge in [-0.3, -0.25) is 9.59 Å². The summed E-state index contributed by atoms with van der Waals surface area (Å²) in [6.07, 6.45) is 2.84. The smallest absolute Gasteiger partial charge is 0.277 e. The molecule has 0 aliphatic carbocycles. The van der Waals surface area contributed by atoms with Crippen molar-refractivity contribution < 1.29 is 14.3 Å². The summed E-state index contributed by atoms with van der Waals surface area (Å²) in [5.74, 6) is -0.0171. The van der Waals surface area contributed by atoms with Crippen molar-refractivity contribution in [2.75, 3.05) is 7.11 Å². The van der Waals surface area contributed by atoms with Crippen molar-refractivity contribution in [1.29, 1.82) is 0 Å². The molecule has 1 aromatic heterocycles. The summed E-state index contributed by atoms with van der Waals surface area (Å²) in [5, 5.41) is 0.669. The lowest BCUT2D eigenvalue weighted by atomic mass is 10.1. The molecule has 0 saturated heterocycles. The van der Waals surface area contributed by atoms with Crippen LogP contribution in [-0.4, -0.2) is 24.2 Å². The van der Waals surface area contributed by atoms with Crippen molar-refractivity contribution in [3.63, 3.8) is 0 Å². The van der Waals surface area contributed by atoms with E-state index in [1.54, 1.807) is 25.3 Å². The van der Waals surface area contributed by atoms with Gasteiger partial charge in [0.15, 0.2) is 0 Å². The van der Waals surface area contributed by atoms with Crippen LogP contribution in [0.25, 0.3) is 10.9 Å². The first-order valence-electron chi connectivity index (χ1n) is 4.34. The van der Waals surface area contributed by atoms with Crippen LogP contribution < -0.4 is 4.74 Å². The van der Waals surface area contributed by atoms with Gasteiger partial charge in [-0.2, -0.15) is 0 Å². The molecule has 0 atom stereocenters. The molecule has 0 fully saturated rings. The van der Waals surface area contributed by atoms with Crippen molar-refractivity contribution in [2.24, 2.45) is 0 Å². The highest BCUT2D eigenvalue weighted by atomic mass is 16.5. The number of ether oxygens (including phenoxy) is 1. The maximum absolute atomic E-state index is 11.2. The number of aromatic nitrogens is 1. The zero-order valence-corrected chi connectivity index (χ0v) is 8.03. The number of carbonyl (C=O) groups is 1. The van der Waals surface area contributed by atoms with Gasteiger partial charge in [-0.15, -0.1) is 0 Å². The molecule has 0 unspecified atom stereocenters. The second-order valence-corrected chi connectivity index (χ2v) is 3.05. The van der Waals surface area contributed by atoms with E-state index < -0.39 is 5.78 Å². The zero-order valence-electron chi connectivity index (χ0n) is 8.03. The van der Waals surface area contributed by atoms with E-state index >= 15 is 0 Å². The van der Waals surface area contributed by atoms with Crippen LogP contribution >= 0.6 is 0 Å². The van der Waals surface area contributed by atoms with Crippen molar-refractivity contribution in [3.8, 4) is 5.75 Å². The number of carbonyl (C=O) groups excluding carboxylic acids is 2. The molecule has 1 aromatic carbocycles. The first kappa shape index (κ1) is 9.45. The number of rotatable bonds is 3. The van der Waals surface area contributed by atoms with Gasteiger partial charge in [0.2, 0.25) is 5.78 Å². The highest BCUT2D eigenvalue weighted by Gasteiger charge is 2.12. The highest BCUT2D eigenvalue weighted by molar-refractivity contribution is 6.36.